The number of pyridine rings is 1. The van der Waals surface area contributed by atoms with Gasteiger partial charge in [0.05, 0.1) is 32.5 Å². The third-order valence-electron chi connectivity index (χ3n) is 6.34. The first-order chi connectivity index (χ1) is 17.4. The molecule has 9 heteroatoms. The quantitative estimate of drug-likeness (QED) is 0.378. The molecule has 36 heavy (non-hydrogen) atoms. The monoisotopic (exact) mass is 495 g/mol. The molecule has 1 N–H and O–H groups in total. The Balaban J connectivity index is 1.72. The van der Waals surface area contributed by atoms with Crippen molar-refractivity contribution in [2.75, 3.05) is 52.4 Å². The van der Waals surface area contributed by atoms with Crippen LogP contribution in [-0.4, -0.2) is 57.9 Å². The number of fused-ring (bicyclic) bond motifs is 1. The van der Waals surface area contributed by atoms with E-state index in [1.807, 2.05) is 16.4 Å². The zero-order chi connectivity index (χ0) is 25.8. The number of ether oxygens (including phenoxy) is 3. The summed E-state index contributed by atoms with van der Waals surface area (Å²) in [6, 6.07) is 6.15. The number of aromatic nitrogens is 1. The topological polar surface area (TPSA) is 82.0 Å². The second-order valence-corrected chi connectivity index (χ2v) is 8.37. The van der Waals surface area contributed by atoms with Crippen LogP contribution >= 0.6 is 0 Å². The van der Waals surface area contributed by atoms with Crippen LogP contribution in [0.2, 0.25) is 0 Å². The highest BCUT2D eigenvalue weighted by atomic mass is 19.1. The van der Waals surface area contributed by atoms with Crippen LogP contribution < -0.4 is 29.9 Å². The fraction of sp³-hybridized carbons (Fsp3) is 0.333. The molecule has 0 saturated carbocycles. The predicted octanol–water partition coefficient (Wildman–Crippen LogP) is 3.49. The molecule has 0 aliphatic carbocycles. The van der Waals surface area contributed by atoms with Gasteiger partial charge in [-0.1, -0.05) is 0 Å². The Bertz CT molecular complexity index is 1350. The van der Waals surface area contributed by atoms with Crippen molar-refractivity contribution in [1.82, 2.24) is 9.88 Å². The number of carbonyl (C=O) groups is 1. The highest BCUT2D eigenvalue weighted by Crippen LogP contribution is 2.38. The summed E-state index contributed by atoms with van der Waals surface area (Å²) in [4.78, 5) is 28.2. The van der Waals surface area contributed by atoms with Crippen molar-refractivity contribution < 1.29 is 23.4 Å². The van der Waals surface area contributed by atoms with E-state index in [4.69, 9.17) is 14.2 Å². The van der Waals surface area contributed by atoms with Crippen molar-refractivity contribution in [2.45, 2.75) is 13.5 Å². The van der Waals surface area contributed by atoms with Crippen molar-refractivity contribution in [3.63, 3.8) is 0 Å². The van der Waals surface area contributed by atoms with Crippen LogP contribution in [0.5, 0.6) is 17.2 Å². The number of carbonyl (C=O) groups excluding carboxylic acids is 1. The summed E-state index contributed by atoms with van der Waals surface area (Å²) in [5.41, 5.74) is 1.41. The Morgan fingerprint density at radius 3 is 2.31 bits per heavy atom. The molecule has 2 aromatic carbocycles. The van der Waals surface area contributed by atoms with Gasteiger partial charge in [0.25, 0.3) is 0 Å². The van der Waals surface area contributed by atoms with Crippen LogP contribution in [0.4, 0.5) is 10.1 Å². The molecule has 0 unspecified atom stereocenters. The lowest BCUT2D eigenvalue weighted by molar-refractivity contribution is 0.104. The molecular weight excluding hydrogens is 465 g/mol. The number of benzene rings is 2. The minimum atomic E-state index is -0.432. The van der Waals surface area contributed by atoms with Gasteiger partial charge in [0.15, 0.2) is 22.7 Å². The zero-order valence-corrected chi connectivity index (χ0v) is 20.9. The fourth-order valence-corrected chi connectivity index (χ4v) is 4.44. The van der Waals surface area contributed by atoms with Gasteiger partial charge in [-0.3, -0.25) is 9.59 Å². The van der Waals surface area contributed by atoms with Crippen molar-refractivity contribution in [3.05, 3.63) is 63.7 Å². The summed E-state index contributed by atoms with van der Waals surface area (Å²) < 4.78 is 32.9. The van der Waals surface area contributed by atoms with Crippen molar-refractivity contribution >= 4 is 28.4 Å². The number of aryl methyl sites for hydroxylation is 1. The van der Waals surface area contributed by atoms with E-state index in [1.165, 1.54) is 39.5 Å². The average Bonchev–Trinajstić information content (AvgIpc) is 2.91. The van der Waals surface area contributed by atoms with E-state index >= 15 is 4.39 Å². The molecule has 2 heterocycles. The molecule has 0 spiro atoms. The molecule has 1 aliphatic heterocycles. The molecule has 0 radical (unpaired) electrons. The van der Waals surface area contributed by atoms with Gasteiger partial charge < -0.3 is 29.0 Å². The molecule has 4 rings (SSSR count). The Hall–Kier alpha value is -3.85. The molecule has 8 nitrogen and oxygen atoms in total. The third kappa shape index (κ3) is 4.79. The molecule has 3 aromatic rings. The van der Waals surface area contributed by atoms with Gasteiger partial charge in [-0.25, -0.2) is 4.39 Å². The number of halogens is 1. The van der Waals surface area contributed by atoms with Crippen LogP contribution in [0.15, 0.2) is 41.3 Å². The lowest BCUT2D eigenvalue weighted by Gasteiger charge is -2.30. The number of rotatable bonds is 8. The van der Waals surface area contributed by atoms with Crippen molar-refractivity contribution in [3.8, 4) is 17.2 Å². The van der Waals surface area contributed by atoms with E-state index in [0.29, 0.717) is 59.2 Å². The van der Waals surface area contributed by atoms with Crippen LogP contribution in [0.1, 0.15) is 22.8 Å². The maximum Gasteiger partial charge on any atom is 0.203 e. The second kappa shape index (κ2) is 10.8. The Labute approximate surface area is 208 Å². The summed E-state index contributed by atoms with van der Waals surface area (Å²) in [6.45, 7) is 5.48. The summed E-state index contributed by atoms with van der Waals surface area (Å²) in [5, 5.41) is 3.53. The van der Waals surface area contributed by atoms with E-state index in [0.717, 1.165) is 13.1 Å². The number of nitrogens with zero attached hydrogens (tertiary/aromatic N) is 2. The van der Waals surface area contributed by atoms with E-state index in [9.17, 15) is 9.59 Å². The molecule has 1 fully saturated rings. The standard InChI is InChI=1S/C27H30FN3O5/c1-5-30-16-17(6-7-23(32)18-12-24(34-2)27(36-4)25(13-18)35-3)26(33)19-14-20(28)22(15-21(19)30)31-10-8-29-9-11-31/h6-7,12-16,29H,5,8-11H2,1-4H3/b7-6+. The lowest BCUT2D eigenvalue weighted by Crippen LogP contribution is -2.43. The molecule has 1 aromatic heterocycles. The minimum absolute atomic E-state index is 0.274. The number of hydrogen-bond donors (Lipinski definition) is 1. The molecule has 1 aliphatic rings. The van der Waals surface area contributed by atoms with Gasteiger partial charge in [-0.05, 0) is 43.3 Å². The lowest BCUT2D eigenvalue weighted by atomic mass is 10.1. The molecule has 0 bridgehead atoms. The second-order valence-electron chi connectivity index (χ2n) is 8.37. The number of methoxy groups -OCH3 is 3. The maximum atomic E-state index is 15.1. The SMILES string of the molecule is CCn1cc(/C=C/C(=O)c2cc(OC)c(OC)c(OC)c2)c(=O)c2cc(F)c(N3CCNCC3)cc21. The maximum absolute atomic E-state index is 15.1. The highest BCUT2D eigenvalue weighted by molar-refractivity contribution is 6.07. The van der Waals surface area contributed by atoms with Gasteiger partial charge in [0.2, 0.25) is 5.75 Å². The van der Waals surface area contributed by atoms with Crippen LogP contribution in [0.25, 0.3) is 17.0 Å². The first-order valence-electron chi connectivity index (χ1n) is 11.8. The largest absolute Gasteiger partial charge is 0.493 e. The van der Waals surface area contributed by atoms with E-state index < -0.39 is 5.82 Å². The number of nitrogens with one attached hydrogen (secondary N) is 1. The van der Waals surface area contributed by atoms with E-state index in [-0.39, 0.29) is 16.6 Å². The number of allylic oxidation sites excluding steroid dienone is 1. The first kappa shape index (κ1) is 25.2. The normalized spacial score (nSPS) is 13.9. The Morgan fingerprint density at radius 1 is 1.06 bits per heavy atom. The minimum Gasteiger partial charge on any atom is -0.493 e. The Kier molecular flexibility index (Phi) is 7.59. The number of ketones is 1. The summed E-state index contributed by atoms with van der Waals surface area (Å²) in [5.74, 6) is 0.297. The summed E-state index contributed by atoms with van der Waals surface area (Å²) in [6.07, 6.45) is 4.47. The first-order valence-corrected chi connectivity index (χ1v) is 11.8. The van der Waals surface area contributed by atoms with E-state index in [1.54, 1.807) is 24.4 Å². The summed E-state index contributed by atoms with van der Waals surface area (Å²) in [7, 11) is 4.42. The number of piperazine rings is 1. The van der Waals surface area contributed by atoms with E-state index in [2.05, 4.69) is 5.32 Å². The molecular formula is C27H30FN3O5. The summed E-state index contributed by atoms with van der Waals surface area (Å²) >= 11 is 0. The van der Waals surface area contributed by atoms with Gasteiger partial charge >= 0.3 is 0 Å². The third-order valence-corrected chi connectivity index (χ3v) is 6.34. The number of anilines is 1. The average molecular weight is 496 g/mol. The predicted molar refractivity (Wildman–Crippen MR) is 138 cm³/mol. The van der Waals surface area contributed by atoms with Crippen molar-refractivity contribution in [2.24, 2.45) is 0 Å². The zero-order valence-electron chi connectivity index (χ0n) is 20.9. The molecule has 1 saturated heterocycles. The van der Waals surface area contributed by atoms with Gasteiger partial charge in [-0.2, -0.15) is 0 Å². The van der Waals surface area contributed by atoms with Gasteiger partial charge in [0.1, 0.15) is 5.82 Å². The Morgan fingerprint density at radius 2 is 1.72 bits per heavy atom. The van der Waals surface area contributed by atoms with Crippen LogP contribution in [0.3, 0.4) is 0 Å². The van der Waals surface area contributed by atoms with Crippen LogP contribution in [0, 0.1) is 5.82 Å². The molecule has 0 amide bonds. The van der Waals surface area contributed by atoms with Crippen LogP contribution in [-0.2, 0) is 6.54 Å². The van der Waals surface area contributed by atoms with Crippen molar-refractivity contribution in [1.29, 1.82) is 0 Å². The molecule has 0 atom stereocenters. The highest BCUT2D eigenvalue weighted by Gasteiger charge is 2.19. The fourth-order valence-electron chi connectivity index (χ4n) is 4.44. The van der Waals surface area contributed by atoms with Gasteiger partial charge in [-0.15, -0.1) is 0 Å². The van der Waals surface area contributed by atoms with Gasteiger partial charge in [0, 0.05) is 55.4 Å². The molecule has 190 valence electrons. The number of hydrogen-bond acceptors (Lipinski definition) is 7. The smallest absolute Gasteiger partial charge is 0.203 e.